The number of carbonyl (C=O) groups is 1. The van der Waals surface area contributed by atoms with E-state index in [9.17, 15) is 4.79 Å². The number of hydrogen-bond acceptors (Lipinski definition) is 4. The Morgan fingerprint density at radius 1 is 1.28 bits per heavy atom. The van der Waals surface area contributed by atoms with Gasteiger partial charge in [-0.2, -0.15) is 0 Å². The summed E-state index contributed by atoms with van der Waals surface area (Å²) in [6.45, 7) is 1.88. The molecule has 1 N–H and O–H groups in total. The van der Waals surface area contributed by atoms with Gasteiger partial charge in [-0.05, 0) is 32.1 Å². The highest BCUT2D eigenvalue weighted by atomic mass is 16.4. The molecule has 5 nitrogen and oxygen atoms in total. The topological polar surface area (TPSA) is 56.7 Å². The van der Waals surface area contributed by atoms with Gasteiger partial charge in [0.15, 0.2) is 0 Å². The molecule has 0 bridgehead atoms. The summed E-state index contributed by atoms with van der Waals surface area (Å²) in [5.41, 5.74) is 0.960. The first-order valence-corrected chi connectivity index (χ1v) is 6.01. The Bertz CT molecular complexity index is 376. The van der Waals surface area contributed by atoms with Crippen LogP contribution in [0.3, 0.4) is 0 Å². The zero-order chi connectivity index (χ0) is 13.5. The van der Waals surface area contributed by atoms with Crippen LogP contribution in [0, 0.1) is 0 Å². The van der Waals surface area contributed by atoms with E-state index in [1.165, 1.54) is 0 Å². The fourth-order valence-corrected chi connectivity index (χ4v) is 1.51. The van der Waals surface area contributed by atoms with Crippen molar-refractivity contribution < 1.29 is 9.90 Å². The minimum absolute atomic E-state index is 0.150. The summed E-state index contributed by atoms with van der Waals surface area (Å²) >= 11 is 0. The summed E-state index contributed by atoms with van der Waals surface area (Å²) in [7, 11) is 6.08. The van der Waals surface area contributed by atoms with Gasteiger partial charge in [0.25, 0.3) is 0 Å². The van der Waals surface area contributed by atoms with Gasteiger partial charge in [0.1, 0.15) is 5.82 Å². The number of nitrogens with zero attached hydrogens (tertiary/aromatic N) is 3. The minimum Gasteiger partial charge on any atom is -0.481 e. The average Bonchev–Trinajstić information content (AvgIpc) is 2.34. The van der Waals surface area contributed by atoms with Gasteiger partial charge in [-0.15, -0.1) is 0 Å². The molecule has 0 aliphatic rings. The summed E-state index contributed by atoms with van der Waals surface area (Å²) in [6.07, 6.45) is 2.44. The highest BCUT2D eigenvalue weighted by Gasteiger charge is 2.04. The number of aromatic nitrogens is 1. The van der Waals surface area contributed by atoms with Crippen LogP contribution in [-0.4, -0.2) is 55.2 Å². The van der Waals surface area contributed by atoms with Crippen molar-refractivity contribution in [3.63, 3.8) is 0 Å². The SMILES string of the molecule is CN(C)CCN(C)c1ccc(CCC(=O)O)cn1. The van der Waals surface area contributed by atoms with Crippen molar-refractivity contribution in [2.24, 2.45) is 0 Å². The van der Waals surface area contributed by atoms with E-state index in [-0.39, 0.29) is 6.42 Å². The van der Waals surface area contributed by atoms with E-state index >= 15 is 0 Å². The molecule has 0 spiro atoms. The molecule has 18 heavy (non-hydrogen) atoms. The fourth-order valence-electron chi connectivity index (χ4n) is 1.51. The number of pyridine rings is 1. The summed E-state index contributed by atoms with van der Waals surface area (Å²) in [5, 5.41) is 8.61. The van der Waals surface area contributed by atoms with Gasteiger partial charge in [0.05, 0.1) is 0 Å². The van der Waals surface area contributed by atoms with E-state index in [1.807, 2.05) is 33.3 Å². The van der Waals surface area contributed by atoms with Gasteiger partial charge in [-0.1, -0.05) is 6.07 Å². The lowest BCUT2D eigenvalue weighted by atomic mass is 10.1. The molecule has 1 aromatic heterocycles. The molecule has 0 saturated heterocycles. The summed E-state index contributed by atoms with van der Waals surface area (Å²) in [4.78, 5) is 19.0. The molecule has 0 saturated carbocycles. The lowest BCUT2D eigenvalue weighted by Crippen LogP contribution is -2.28. The standard InChI is InChI=1S/C13H21N3O2/c1-15(2)8-9-16(3)12-6-4-11(10-14-12)5-7-13(17)18/h4,6,10H,5,7-9H2,1-3H3,(H,17,18). The van der Waals surface area contributed by atoms with Gasteiger partial charge < -0.3 is 14.9 Å². The third-order valence-corrected chi connectivity index (χ3v) is 2.71. The van der Waals surface area contributed by atoms with E-state index in [1.54, 1.807) is 6.20 Å². The average molecular weight is 251 g/mol. The van der Waals surface area contributed by atoms with Crippen molar-refractivity contribution in [3.8, 4) is 0 Å². The van der Waals surface area contributed by atoms with Crippen molar-refractivity contribution in [3.05, 3.63) is 23.9 Å². The van der Waals surface area contributed by atoms with Gasteiger partial charge in [-0.3, -0.25) is 4.79 Å². The number of anilines is 1. The predicted molar refractivity (Wildman–Crippen MR) is 72.0 cm³/mol. The maximum absolute atomic E-state index is 10.5. The second-order valence-corrected chi connectivity index (χ2v) is 4.64. The molecule has 0 amide bonds. The largest absolute Gasteiger partial charge is 0.481 e. The third kappa shape index (κ3) is 5.14. The number of carboxylic acid groups (broad SMARTS) is 1. The highest BCUT2D eigenvalue weighted by Crippen LogP contribution is 2.10. The van der Waals surface area contributed by atoms with E-state index in [0.717, 1.165) is 24.5 Å². The normalized spacial score (nSPS) is 10.7. The summed E-state index contributed by atoms with van der Waals surface area (Å²) in [5.74, 6) is 0.137. The Morgan fingerprint density at radius 3 is 2.50 bits per heavy atom. The van der Waals surface area contributed by atoms with Crippen molar-refractivity contribution in [2.45, 2.75) is 12.8 Å². The van der Waals surface area contributed by atoms with Gasteiger partial charge in [0, 0.05) is 32.8 Å². The van der Waals surface area contributed by atoms with Crippen LogP contribution in [0.5, 0.6) is 0 Å². The van der Waals surface area contributed by atoms with Gasteiger partial charge >= 0.3 is 5.97 Å². The highest BCUT2D eigenvalue weighted by molar-refractivity contribution is 5.67. The smallest absolute Gasteiger partial charge is 0.303 e. The van der Waals surface area contributed by atoms with Crippen LogP contribution >= 0.6 is 0 Å². The van der Waals surface area contributed by atoms with E-state index in [0.29, 0.717) is 6.42 Å². The monoisotopic (exact) mass is 251 g/mol. The third-order valence-electron chi connectivity index (χ3n) is 2.71. The Hall–Kier alpha value is -1.62. The Morgan fingerprint density at radius 2 is 2.00 bits per heavy atom. The van der Waals surface area contributed by atoms with Gasteiger partial charge in [-0.25, -0.2) is 4.98 Å². The molecule has 0 radical (unpaired) electrons. The molecule has 0 atom stereocenters. The van der Waals surface area contributed by atoms with Crippen LogP contribution in [0.25, 0.3) is 0 Å². The molecule has 1 aromatic rings. The van der Waals surface area contributed by atoms with Crippen LogP contribution in [0.4, 0.5) is 5.82 Å². The van der Waals surface area contributed by atoms with Crippen LogP contribution < -0.4 is 4.90 Å². The van der Waals surface area contributed by atoms with Crippen LogP contribution in [0.2, 0.25) is 0 Å². The first-order chi connectivity index (χ1) is 8.49. The lowest BCUT2D eigenvalue weighted by molar-refractivity contribution is -0.136. The minimum atomic E-state index is -0.776. The fraction of sp³-hybridized carbons (Fsp3) is 0.538. The molecular formula is C13H21N3O2. The zero-order valence-corrected chi connectivity index (χ0v) is 11.3. The van der Waals surface area contributed by atoms with Crippen LogP contribution in [0.1, 0.15) is 12.0 Å². The van der Waals surface area contributed by atoms with Crippen LogP contribution in [0.15, 0.2) is 18.3 Å². The molecule has 100 valence electrons. The number of rotatable bonds is 7. The number of carboxylic acids is 1. The molecule has 1 heterocycles. The molecule has 1 rings (SSSR count). The number of likely N-dealkylation sites (N-methyl/N-ethyl adjacent to an activating group) is 2. The van der Waals surface area contributed by atoms with E-state index < -0.39 is 5.97 Å². The van der Waals surface area contributed by atoms with Crippen LogP contribution in [-0.2, 0) is 11.2 Å². The van der Waals surface area contributed by atoms with E-state index in [4.69, 9.17) is 5.11 Å². The number of hydrogen-bond donors (Lipinski definition) is 1. The summed E-state index contributed by atoms with van der Waals surface area (Å²) in [6, 6.07) is 3.88. The first kappa shape index (κ1) is 14.4. The molecular weight excluding hydrogens is 230 g/mol. The molecule has 5 heteroatoms. The number of aliphatic carboxylic acids is 1. The maximum atomic E-state index is 10.5. The predicted octanol–water partition coefficient (Wildman–Crippen LogP) is 1.10. The van der Waals surface area contributed by atoms with Gasteiger partial charge in [0.2, 0.25) is 0 Å². The first-order valence-electron chi connectivity index (χ1n) is 6.01. The maximum Gasteiger partial charge on any atom is 0.303 e. The Balaban J connectivity index is 2.51. The van der Waals surface area contributed by atoms with E-state index in [2.05, 4.69) is 14.8 Å². The second kappa shape index (κ2) is 6.96. The van der Waals surface area contributed by atoms with Crippen molar-refractivity contribution in [1.82, 2.24) is 9.88 Å². The lowest BCUT2D eigenvalue weighted by Gasteiger charge is -2.20. The Kier molecular flexibility index (Phi) is 5.58. The number of aryl methyl sites for hydroxylation is 1. The quantitative estimate of drug-likeness (QED) is 0.786. The molecule has 0 aliphatic heterocycles. The van der Waals surface area contributed by atoms with Crippen molar-refractivity contribution >= 4 is 11.8 Å². The molecule has 0 unspecified atom stereocenters. The van der Waals surface area contributed by atoms with Crippen molar-refractivity contribution in [2.75, 3.05) is 39.1 Å². The molecule has 0 aliphatic carbocycles. The molecule has 0 fully saturated rings. The second-order valence-electron chi connectivity index (χ2n) is 4.64. The Labute approximate surface area is 108 Å². The summed E-state index contributed by atoms with van der Waals surface area (Å²) < 4.78 is 0. The molecule has 0 aromatic carbocycles. The zero-order valence-electron chi connectivity index (χ0n) is 11.3. The van der Waals surface area contributed by atoms with Crippen molar-refractivity contribution in [1.29, 1.82) is 0 Å².